The van der Waals surface area contributed by atoms with Crippen molar-refractivity contribution >= 4 is 17.7 Å². The summed E-state index contributed by atoms with van der Waals surface area (Å²) in [5, 5.41) is 12.5. The molecule has 1 aromatic rings. The zero-order chi connectivity index (χ0) is 16.9. The van der Waals surface area contributed by atoms with E-state index in [0.29, 0.717) is 0 Å². The van der Waals surface area contributed by atoms with Crippen LogP contribution < -0.4 is 10.1 Å². The largest absolute Gasteiger partial charge is 0.504 e. The number of hydrogen-bond acceptors (Lipinski definition) is 6. The summed E-state index contributed by atoms with van der Waals surface area (Å²) in [5.41, 5.74) is -0.523. The lowest BCUT2D eigenvalue weighted by molar-refractivity contribution is 0.0592. The maximum atomic E-state index is 11.8. The Morgan fingerprint density at radius 3 is 2.41 bits per heavy atom. The number of carbonyl (C=O) groups is 2. The Kier molecular flexibility index (Phi) is 5.62. The minimum absolute atomic E-state index is 0.0662. The second-order valence-corrected chi connectivity index (χ2v) is 5.42. The number of benzene rings is 1. The average Bonchev–Trinajstić information content (AvgIpc) is 2.39. The Bertz CT molecular complexity index is 562. The number of hydrogen-bond donors (Lipinski definition) is 2. The van der Waals surface area contributed by atoms with Crippen molar-refractivity contribution in [2.45, 2.75) is 33.3 Å². The van der Waals surface area contributed by atoms with Gasteiger partial charge in [0.15, 0.2) is 11.5 Å². The number of nitrogens with one attached hydrogen (secondary N) is 1. The number of ether oxygens (including phenoxy) is 3. The summed E-state index contributed by atoms with van der Waals surface area (Å²) < 4.78 is 15.0. The van der Waals surface area contributed by atoms with Gasteiger partial charge >= 0.3 is 12.1 Å². The Morgan fingerprint density at radius 1 is 1.27 bits per heavy atom. The molecule has 0 saturated carbocycles. The predicted molar refractivity (Wildman–Crippen MR) is 80.5 cm³/mol. The second-order valence-electron chi connectivity index (χ2n) is 5.42. The highest BCUT2D eigenvalue weighted by molar-refractivity contribution is 5.96. The van der Waals surface area contributed by atoms with Gasteiger partial charge in [0.2, 0.25) is 0 Å². The lowest BCUT2D eigenvalue weighted by atomic mass is 10.1. The summed E-state index contributed by atoms with van der Waals surface area (Å²) in [4.78, 5) is 23.5. The fraction of sp³-hybridized carbons (Fsp3) is 0.467. The van der Waals surface area contributed by atoms with Crippen molar-refractivity contribution in [2.24, 2.45) is 0 Å². The highest BCUT2D eigenvalue weighted by atomic mass is 16.6. The molecule has 1 aromatic carbocycles. The van der Waals surface area contributed by atoms with E-state index in [1.165, 1.54) is 19.2 Å². The number of anilines is 1. The molecule has 0 unspecified atom stereocenters. The van der Waals surface area contributed by atoms with Crippen LogP contribution in [0.25, 0.3) is 0 Å². The molecule has 0 aliphatic heterocycles. The van der Waals surface area contributed by atoms with Gasteiger partial charge in [-0.05, 0) is 33.8 Å². The number of aromatic hydroxyl groups is 1. The van der Waals surface area contributed by atoms with Crippen LogP contribution in [0, 0.1) is 0 Å². The number of amides is 1. The van der Waals surface area contributed by atoms with Crippen LogP contribution in [-0.2, 0) is 9.47 Å². The van der Waals surface area contributed by atoms with Gasteiger partial charge in [0, 0.05) is 11.8 Å². The van der Waals surface area contributed by atoms with E-state index in [1.807, 2.05) is 0 Å². The number of phenols is 1. The Morgan fingerprint density at radius 2 is 1.91 bits per heavy atom. The number of esters is 1. The number of methoxy groups -OCH3 is 1. The van der Waals surface area contributed by atoms with Crippen molar-refractivity contribution in [3.05, 3.63) is 17.7 Å². The van der Waals surface area contributed by atoms with Gasteiger partial charge in [-0.2, -0.15) is 0 Å². The van der Waals surface area contributed by atoms with Crippen molar-refractivity contribution in [1.82, 2.24) is 0 Å². The molecule has 7 heteroatoms. The summed E-state index contributed by atoms with van der Waals surface area (Å²) >= 11 is 0. The minimum atomic E-state index is -0.744. The van der Waals surface area contributed by atoms with E-state index in [-0.39, 0.29) is 29.4 Å². The summed E-state index contributed by atoms with van der Waals surface area (Å²) in [5.74, 6) is -1.02. The van der Waals surface area contributed by atoms with Crippen LogP contribution in [0.2, 0.25) is 0 Å². The molecule has 2 N–H and O–H groups in total. The molecule has 0 aliphatic rings. The first-order valence-electron chi connectivity index (χ1n) is 6.76. The maximum Gasteiger partial charge on any atom is 0.412 e. The Labute approximate surface area is 129 Å². The fourth-order valence-electron chi connectivity index (χ4n) is 1.63. The molecule has 22 heavy (non-hydrogen) atoms. The van der Waals surface area contributed by atoms with Crippen molar-refractivity contribution in [1.29, 1.82) is 0 Å². The summed E-state index contributed by atoms with van der Waals surface area (Å²) in [6, 6.07) is 2.68. The average molecular weight is 311 g/mol. The van der Waals surface area contributed by atoms with Crippen molar-refractivity contribution in [2.75, 3.05) is 19.0 Å². The molecule has 122 valence electrons. The first-order chi connectivity index (χ1) is 10.2. The summed E-state index contributed by atoms with van der Waals surface area (Å²) in [6.07, 6.45) is -0.684. The van der Waals surface area contributed by atoms with Crippen LogP contribution >= 0.6 is 0 Å². The van der Waals surface area contributed by atoms with E-state index in [2.05, 4.69) is 10.1 Å². The third kappa shape index (κ3) is 4.83. The minimum Gasteiger partial charge on any atom is -0.504 e. The van der Waals surface area contributed by atoms with Crippen LogP contribution in [0.4, 0.5) is 10.5 Å². The molecule has 1 rings (SSSR count). The topological polar surface area (TPSA) is 94.1 Å². The van der Waals surface area contributed by atoms with Gasteiger partial charge in [-0.1, -0.05) is 0 Å². The zero-order valence-electron chi connectivity index (χ0n) is 13.4. The predicted octanol–water partition coefficient (Wildman–Crippen LogP) is 2.92. The van der Waals surface area contributed by atoms with Crippen LogP contribution in [0.1, 0.15) is 38.1 Å². The lowest BCUT2D eigenvalue weighted by Gasteiger charge is -2.20. The molecule has 0 radical (unpaired) electrons. The van der Waals surface area contributed by atoms with E-state index < -0.39 is 17.7 Å². The van der Waals surface area contributed by atoms with Crippen molar-refractivity contribution in [3.8, 4) is 11.5 Å². The number of rotatable bonds is 4. The monoisotopic (exact) mass is 311 g/mol. The van der Waals surface area contributed by atoms with Gasteiger partial charge in [0.1, 0.15) is 11.2 Å². The molecular weight excluding hydrogens is 290 g/mol. The normalized spacial score (nSPS) is 10.8. The highest BCUT2D eigenvalue weighted by Gasteiger charge is 2.21. The maximum absolute atomic E-state index is 11.8. The van der Waals surface area contributed by atoms with Crippen LogP contribution in [-0.4, -0.2) is 36.5 Å². The first-order valence-corrected chi connectivity index (χ1v) is 6.76. The third-order valence-electron chi connectivity index (χ3n) is 2.43. The summed E-state index contributed by atoms with van der Waals surface area (Å²) in [7, 11) is 1.19. The van der Waals surface area contributed by atoms with Crippen molar-refractivity contribution < 1.29 is 28.9 Å². The first kappa shape index (κ1) is 17.6. The van der Waals surface area contributed by atoms with Gasteiger partial charge in [-0.3, -0.25) is 5.32 Å². The molecule has 0 spiro atoms. The second kappa shape index (κ2) is 7.02. The number of carbonyl (C=O) groups excluding carboxylic acids is 2. The standard InChI is InChI=1S/C15H21NO6/c1-6-21-11-8-9(16-14(19)22-15(2,3)4)7-10(12(11)17)13(18)20-5/h7-8,17H,6H2,1-5H3,(H,16,19). The summed E-state index contributed by atoms with van der Waals surface area (Å²) in [6.45, 7) is 7.20. The van der Waals surface area contributed by atoms with Crippen LogP contribution in [0.15, 0.2) is 12.1 Å². The Hall–Kier alpha value is -2.44. The molecule has 0 heterocycles. The smallest absolute Gasteiger partial charge is 0.412 e. The van der Waals surface area contributed by atoms with E-state index in [0.717, 1.165) is 0 Å². The molecule has 1 amide bonds. The molecule has 0 aliphatic carbocycles. The molecule has 0 bridgehead atoms. The lowest BCUT2D eigenvalue weighted by Crippen LogP contribution is -2.27. The van der Waals surface area contributed by atoms with Gasteiger partial charge in [-0.25, -0.2) is 9.59 Å². The fourth-order valence-corrected chi connectivity index (χ4v) is 1.63. The van der Waals surface area contributed by atoms with Gasteiger partial charge in [0.05, 0.1) is 13.7 Å². The molecule has 0 atom stereocenters. The van der Waals surface area contributed by atoms with Gasteiger partial charge < -0.3 is 19.3 Å². The van der Waals surface area contributed by atoms with Crippen LogP contribution in [0.3, 0.4) is 0 Å². The van der Waals surface area contributed by atoms with Crippen molar-refractivity contribution in [3.63, 3.8) is 0 Å². The Balaban J connectivity index is 3.11. The molecule has 0 aromatic heterocycles. The highest BCUT2D eigenvalue weighted by Crippen LogP contribution is 2.34. The van der Waals surface area contributed by atoms with Gasteiger partial charge in [-0.15, -0.1) is 0 Å². The van der Waals surface area contributed by atoms with Gasteiger partial charge in [0.25, 0.3) is 0 Å². The number of phenolic OH excluding ortho intramolecular Hbond substituents is 1. The zero-order valence-corrected chi connectivity index (χ0v) is 13.4. The molecule has 7 nitrogen and oxygen atoms in total. The molecule has 0 saturated heterocycles. The third-order valence-corrected chi connectivity index (χ3v) is 2.43. The SMILES string of the molecule is CCOc1cc(NC(=O)OC(C)(C)C)cc(C(=O)OC)c1O. The molecule has 0 fully saturated rings. The quantitative estimate of drug-likeness (QED) is 0.656. The van der Waals surface area contributed by atoms with E-state index in [4.69, 9.17) is 9.47 Å². The van der Waals surface area contributed by atoms with E-state index in [9.17, 15) is 14.7 Å². The van der Waals surface area contributed by atoms with Crippen LogP contribution in [0.5, 0.6) is 11.5 Å². The van der Waals surface area contributed by atoms with E-state index in [1.54, 1.807) is 27.7 Å². The van der Waals surface area contributed by atoms with E-state index >= 15 is 0 Å². The molecular formula is C15H21NO6.